The largest absolute Gasteiger partial charge is 0.868 e. The summed E-state index contributed by atoms with van der Waals surface area (Å²) in [7, 11) is 0. The van der Waals surface area contributed by atoms with Crippen LogP contribution in [0.2, 0.25) is 0 Å². The Balaban J connectivity index is 2.51. The van der Waals surface area contributed by atoms with Crippen molar-refractivity contribution < 1.29 is 24.4 Å². The van der Waals surface area contributed by atoms with Gasteiger partial charge < -0.3 is 20.5 Å². The highest BCUT2D eigenvalue weighted by atomic mass is 16.6. The Morgan fingerprint density at radius 3 is 2.62 bits per heavy atom. The first-order valence-corrected chi connectivity index (χ1v) is 7.15. The maximum absolute atomic E-state index is 12.3. The van der Waals surface area contributed by atoms with Gasteiger partial charge in [-0.05, 0) is 32.1 Å². The van der Waals surface area contributed by atoms with Crippen molar-refractivity contribution in [3.63, 3.8) is 0 Å². The van der Waals surface area contributed by atoms with E-state index in [2.05, 4.69) is 10.6 Å². The summed E-state index contributed by atoms with van der Waals surface area (Å²) in [5.74, 6) is -1.41. The average molecular weight is 334 g/mol. The normalized spacial score (nSPS) is 17.3. The van der Waals surface area contributed by atoms with Crippen molar-refractivity contribution in [1.29, 1.82) is 0 Å². The molecule has 0 saturated carbocycles. The van der Waals surface area contributed by atoms with Crippen molar-refractivity contribution in [3.8, 4) is 5.75 Å². The van der Waals surface area contributed by atoms with Crippen LogP contribution in [-0.4, -0.2) is 23.0 Å². The summed E-state index contributed by atoms with van der Waals surface area (Å²) in [4.78, 5) is 34.2. The van der Waals surface area contributed by atoms with Gasteiger partial charge in [0.2, 0.25) is 0 Å². The number of carbonyl (C=O) groups excluding carboxylic acids is 2. The lowest BCUT2D eigenvalue weighted by molar-refractivity contribution is -0.398. The maximum atomic E-state index is 12.3. The maximum Gasteiger partial charge on any atom is 0.338 e. The van der Waals surface area contributed by atoms with E-state index < -0.39 is 34.4 Å². The number of nitro groups is 1. The molecule has 0 aromatic heterocycles. The highest BCUT2D eigenvalue weighted by Gasteiger charge is 2.33. The molecule has 1 aliphatic heterocycles. The first-order valence-electron chi connectivity index (χ1n) is 7.15. The van der Waals surface area contributed by atoms with E-state index in [-0.39, 0.29) is 22.9 Å². The molecular weight excluding hydrogens is 318 g/mol. The van der Waals surface area contributed by atoms with Gasteiger partial charge in [-0.3, -0.25) is 10.1 Å². The number of allylic oxidation sites excluding steroid dienone is 1. The van der Waals surface area contributed by atoms with Crippen LogP contribution in [0.25, 0.3) is 0 Å². The Kier molecular flexibility index (Phi) is 4.72. The molecule has 0 radical (unpaired) electrons. The van der Waals surface area contributed by atoms with Gasteiger partial charge in [0, 0.05) is 11.8 Å². The van der Waals surface area contributed by atoms with Crippen LogP contribution < -0.4 is 15.7 Å². The first-order chi connectivity index (χ1) is 11.2. The third kappa shape index (κ3) is 3.45. The lowest BCUT2D eigenvalue weighted by Crippen LogP contribution is -2.45. The molecule has 128 valence electrons. The SMILES string of the molecule is CC1=C(C(=O)OC(C)C)[C@@H](c2ccc([O-])c([N+](=O)[O-])c2)NC(=O)N1. The number of hydrogen-bond acceptors (Lipinski definition) is 6. The molecule has 1 aliphatic rings. The summed E-state index contributed by atoms with van der Waals surface area (Å²) in [6.07, 6.45) is -0.380. The van der Waals surface area contributed by atoms with Crippen LogP contribution in [0.1, 0.15) is 32.4 Å². The third-order valence-electron chi connectivity index (χ3n) is 3.34. The van der Waals surface area contributed by atoms with E-state index in [4.69, 9.17) is 4.74 Å². The van der Waals surface area contributed by atoms with Crippen LogP contribution in [0.3, 0.4) is 0 Å². The number of nitro benzene ring substituents is 1. The summed E-state index contributed by atoms with van der Waals surface area (Å²) in [5, 5.41) is 27.5. The molecule has 0 saturated heterocycles. The lowest BCUT2D eigenvalue weighted by atomic mass is 9.95. The molecule has 9 nitrogen and oxygen atoms in total. The molecule has 1 aromatic rings. The lowest BCUT2D eigenvalue weighted by Gasteiger charge is -2.28. The number of nitrogens with one attached hydrogen (secondary N) is 2. The molecule has 2 rings (SSSR count). The number of amides is 2. The van der Waals surface area contributed by atoms with Crippen LogP contribution in [-0.2, 0) is 9.53 Å². The molecule has 0 aliphatic carbocycles. The summed E-state index contributed by atoms with van der Waals surface area (Å²) in [5.41, 5.74) is 0.0141. The van der Waals surface area contributed by atoms with Crippen LogP contribution in [0.5, 0.6) is 5.75 Å². The van der Waals surface area contributed by atoms with E-state index in [1.165, 1.54) is 13.0 Å². The van der Waals surface area contributed by atoms with E-state index in [1.54, 1.807) is 13.8 Å². The molecule has 9 heteroatoms. The average Bonchev–Trinajstić information content (AvgIpc) is 2.45. The second-order valence-electron chi connectivity index (χ2n) is 5.51. The molecule has 0 bridgehead atoms. The smallest absolute Gasteiger partial charge is 0.338 e. The van der Waals surface area contributed by atoms with E-state index in [0.29, 0.717) is 0 Å². The van der Waals surface area contributed by atoms with Crippen molar-refractivity contribution in [2.45, 2.75) is 32.9 Å². The summed E-state index contributed by atoms with van der Waals surface area (Å²) in [6.45, 7) is 4.88. The fourth-order valence-corrected chi connectivity index (χ4v) is 2.35. The minimum Gasteiger partial charge on any atom is -0.868 e. The molecule has 2 amide bonds. The molecule has 24 heavy (non-hydrogen) atoms. The number of ether oxygens (including phenoxy) is 1. The molecule has 0 fully saturated rings. The molecular formula is C15H16N3O6-. The number of nitrogens with zero attached hydrogens (tertiary/aromatic N) is 1. The zero-order chi connectivity index (χ0) is 18.0. The van der Waals surface area contributed by atoms with E-state index in [0.717, 1.165) is 12.1 Å². The third-order valence-corrected chi connectivity index (χ3v) is 3.34. The van der Waals surface area contributed by atoms with Gasteiger partial charge in [-0.2, -0.15) is 0 Å². The first kappa shape index (κ1) is 17.3. The highest BCUT2D eigenvalue weighted by Crippen LogP contribution is 2.32. The molecule has 2 N–H and O–H groups in total. The Morgan fingerprint density at radius 2 is 2.04 bits per heavy atom. The quantitative estimate of drug-likeness (QED) is 0.483. The van der Waals surface area contributed by atoms with Gasteiger partial charge in [0.15, 0.2) is 0 Å². The van der Waals surface area contributed by atoms with Gasteiger partial charge in [0.25, 0.3) is 5.69 Å². The van der Waals surface area contributed by atoms with Crippen LogP contribution >= 0.6 is 0 Å². The van der Waals surface area contributed by atoms with Gasteiger partial charge in [-0.25, -0.2) is 9.59 Å². The molecule has 1 aromatic carbocycles. The van der Waals surface area contributed by atoms with E-state index in [9.17, 15) is 24.8 Å². The number of hydrogen-bond donors (Lipinski definition) is 2. The fraction of sp³-hybridized carbons (Fsp3) is 0.333. The van der Waals surface area contributed by atoms with Crippen molar-refractivity contribution >= 4 is 17.7 Å². The number of urea groups is 1. The van der Waals surface area contributed by atoms with Crippen molar-refractivity contribution in [2.75, 3.05) is 0 Å². The van der Waals surface area contributed by atoms with Gasteiger partial charge in [-0.15, -0.1) is 0 Å². The van der Waals surface area contributed by atoms with Gasteiger partial charge in [0.05, 0.1) is 22.6 Å². The molecule has 0 unspecified atom stereocenters. The Hall–Kier alpha value is -3.10. The van der Waals surface area contributed by atoms with Crippen LogP contribution in [0, 0.1) is 10.1 Å². The second-order valence-corrected chi connectivity index (χ2v) is 5.51. The zero-order valence-corrected chi connectivity index (χ0v) is 13.3. The zero-order valence-electron chi connectivity index (χ0n) is 13.3. The molecule has 0 spiro atoms. The number of carbonyl (C=O) groups is 2. The predicted molar refractivity (Wildman–Crippen MR) is 80.9 cm³/mol. The Morgan fingerprint density at radius 1 is 1.38 bits per heavy atom. The van der Waals surface area contributed by atoms with Gasteiger partial charge in [0.1, 0.15) is 0 Å². The number of esters is 1. The van der Waals surface area contributed by atoms with Gasteiger partial charge in [-0.1, -0.05) is 12.1 Å². The van der Waals surface area contributed by atoms with Crippen LogP contribution in [0.15, 0.2) is 29.5 Å². The number of benzene rings is 1. The second kappa shape index (κ2) is 6.57. The fourth-order valence-electron chi connectivity index (χ4n) is 2.35. The van der Waals surface area contributed by atoms with Crippen molar-refractivity contribution in [3.05, 3.63) is 45.1 Å². The van der Waals surface area contributed by atoms with E-state index in [1.807, 2.05) is 0 Å². The summed E-state index contributed by atoms with van der Waals surface area (Å²) >= 11 is 0. The Bertz CT molecular complexity index is 741. The highest BCUT2D eigenvalue weighted by molar-refractivity contribution is 5.95. The minimum absolute atomic E-state index is 0.122. The Labute approximate surface area is 137 Å². The molecule has 1 heterocycles. The standard InChI is InChI=1S/C15H17N3O6/c1-7(2)24-14(20)12-8(3)16-15(21)17-13(12)9-4-5-11(19)10(6-9)18(22)23/h4-7,13,19H,1-3H3,(H2,16,17,21)/p-1/t13-/m1/s1. The summed E-state index contributed by atoms with van der Waals surface area (Å²) in [6, 6.07) is 1.90. The summed E-state index contributed by atoms with van der Waals surface area (Å²) < 4.78 is 5.16. The predicted octanol–water partition coefficient (Wildman–Crippen LogP) is 1.25. The molecule has 1 atom stereocenters. The number of rotatable bonds is 4. The topological polar surface area (TPSA) is 134 Å². The van der Waals surface area contributed by atoms with Gasteiger partial charge >= 0.3 is 12.0 Å². The van der Waals surface area contributed by atoms with Crippen LogP contribution in [0.4, 0.5) is 10.5 Å². The van der Waals surface area contributed by atoms with E-state index >= 15 is 0 Å². The minimum atomic E-state index is -0.954. The monoisotopic (exact) mass is 334 g/mol. The van der Waals surface area contributed by atoms with Crippen molar-refractivity contribution in [1.82, 2.24) is 10.6 Å². The van der Waals surface area contributed by atoms with Crippen molar-refractivity contribution in [2.24, 2.45) is 0 Å².